The second-order valence-electron chi connectivity index (χ2n) is 6.01. The summed E-state index contributed by atoms with van der Waals surface area (Å²) in [6, 6.07) is 5.83. The number of hydrogen-bond donors (Lipinski definition) is 0. The molecule has 0 spiro atoms. The molecule has 2 aromatic rings. The highest BCUT2D eigenvalue weighted by molar-refractivity contribution is 5.75. The minimum Gasteiger partial charge on any atom is -0.311 e. The van der Waals surface area contributed by atoms with Crippen molar-refractivity contribution in [3.8, 4) is 0 Å². The molecule has 0 aromatic carbocycles. The fourth-order valence-electron chi connectivity index (χ4n) is 2.79. The van der Waals surface area contributed by atoms with Crippen molar-refractivity contribution in [3.05, 3.63) is 40.3 Å². The summed E-state index contributed by atoms with van der Waals surface area (Å²) in [4.78, 5) is 16.9. The molecule has 22 heavy (non-hydrogen) atoms. The summed E-state index contributed by atoms with van der Waals surface area (Å²) in [7, 11) is 1.97. The van der Waals surface area contributed by atoms with Gasteiger partial charge in [0, 0.05) is 30.7 Å². The summed E-state index contributed by atoms with van der Waals surface area (Å²) in [6.45, 7) is 4.97. The molecule has 0 atom stereocenters. The molecule has 0 amide bonds. The van der Waals surface area contributed by atoms with Crippen LogP contribution in [0.4, 0.5) is 0 Å². The molecule has 0 aliphatic rings. The summed E-state index contributed by atoms with van der Waals surface area (Å²) < 4.78 is 1.72. The van der Waals surface area contributed by atoms with Gasteiger partial charge in [-0.25, -0.2) is 9.66 Å². The first-order valence-corrected chi connectivity index (χ1v) is 8.34. The van der Waals surface area contributed by atoms with E-state index in [4.69, 9.17) is 0 Å². The molecule has 2 aromatic heterocycles. The molecule has 0 radical (unpaired) electrons. The lowest BCUT2D eigenvalue weighted by molar-refractivity contribution is 0.563. The molecule has 0 saturated heterocycles. The van der Waals surface area contributed by atoms with Gasteiger partial charge in [-0.1, -0.05) is 39.0 Å². The van der Waals surface area contributed by atoms with Gasteiger partial charge in [0.15, 0.2) is 5.65 Å². The van der Waals surface area contributed by atoms with Crippen LogP contribution in [0.15, 0.2) is 29.2 Å². The van der Waals surface area contributed by atoms with Crippen LogP contribution in [0.1, 0.15) is 51.0 Å². The minimum atomic E-state index is 0.0275. The molecule has 0 unspecified atom stereocenters. The Morgan fingerprint density at radius 3 is 2.68 bits per heavy atom. The maximum absolute atomic E-state index is 12.5. The highest BCUT2D eigenvalue weighted by Gasteiger charge is 2.10. The number of nitrogens with zero attached hydrogens (tertiary/aromatic N) is 3. The number of rotatable bonds is 8. The minimum absolute atomic E-state index is 0.0275. The Balaban J connectivity index is 2.09. The normalized spacial score (nSPS) is 11.0. The summed E-state index contributed by atoms with van der Waals surface area (Å²) in [6.07, 6.45) is 9.26. The highest BCUT2D eigenvalue weighted by atomic mass is 16.1. The van der Waals surface area contributed by atoms with Gasteiger partial charge in [-0.2, -0.15) is 0 Å². The molecule has 4 heteroatoms. The third-order valence-electron chi connectivity index (χ3n) is 4.10. The van der Waals surface area contributed by atoms with E-state index in [-0.39, 0.29) is 5.56 Å². The van der Waals surface area contributed by atoms with Gasteiger partial charge in [0.2, 0.25) is 0 Å². The average Bonchev–Trinajstić information content (AvgIpc) is 2.52. The third kappa shape index (κ3) is 3.87. The molecule has 0 aliphatic heterocycles. The third-order valence-corrected chi connectivity index (χ3v) is 4.10. The zero-order valence-corrected chi connectivity index (χ0v) is 14.0. The van der Waals surface area contributed by atoms with Crippen LogP contribution in [0.2, 0.25) is 0 Å². The van der Waals surface area contributed by atoms with Crippen molar-refractivity contribution < 1.29 is 0 Å². The Kier molecular flexibility index (Phi) is 5.99. The Labute approximate surface area is 132 Å². The molecule has 0 fully saturated rings. The predicted octanol–water partition coefficient (Wildman–Crippen LogP) is 3.63. The van der Waals surface area contributed by atoms with Crippen molar-refractivity contribution in [3.63, 3.8) is 0 Å². The van der Waals surface area contributed by atoms with E-state index in [0.29, 0.717) is 0 Å². The van der Waals surface area contributed by atoms with Gasteiger partial charge in [-0.3, -0.25) is 4.79 Å². The first-order valence-electron chi connectivity index (χ1n) is 8.34. The molecule has 0 bridgehead atoms. The lowest BCUT2D eigenvalue weighted by atomic mass is 10.1. The van der Waals surface area contributed by atoms with E-state index >= 15 is 0 Å². The van der Waals surface area contributed by atoms with Crippen molar-refractivity contribution in [2.45, 2.75) is 52.4 Å². The Morgan fingerprint density at radius 1 is 1.18 bits per heavy atom. The van der Waals surface area contributed by atoms with Crippen LogP contribution in [0.25, 0.3) is 11.0 Å². The van der Waals surface area contributed by atoms with Crippen LogP contribution in [-0.2, 0) is 0 Å². The summed E-state index contributed by atoms with van der Waals surface area (Å²) in [5, 5.41) is 3.01. The number of fused-ring (bicyclic) bond motifs is 1. The van der Waals surface area contributed by atoms with Gasteiger partial charge >= 0.3 is 0 Å². The van der Waals surface area contributed by atoms with Crippen LogP contribution >= 0.6 is 0 Å². The Bertz CT molecular complexity index is 663. The van der Waals surface area contributed by atoms with Crippen molar-refractivity contribution in [2.24, 2.45) is 0 Å². The molecular formula is C18H27N3O. The van der Waals surface area contributed by atoms with Crippen molar-refractivity contribution in [1.82, 2.24) is 9.66 Å². The highest BCUT2D eigenvalue weighted by Crippen LogP contribution is 2.11. The van der Waals surface area contributed by atoms with Gasteiger partial charge in [-0.15, -0.1) is 0 Å². The number of aromatic nitrogens is 2. The van der Waals surface area contributed by atoms with E-state index in [0.717, 1.165) is 29.6 Å². The van der Waals surface area contributed by atoms with Gasteiger partial charge in [-0.05, 0) is 31.5 Å². The maximum Gasteiger partial charge on any atom is 0.273 e. The van der Waals surface area contributed by atoms with Crippen LogP contribution in [0.5, 0.6) is 0 Å². The monoisotopic (exact) mass is 301 g/mol. The summed E-state index contributed by atoms with van der Waals surface area (Å²) >= 11 is 0. The van der Waals surface area contributed by atoms with Crippen molar-refractivity contribution >= 4 is 11.0 Å². The van der Waals surface area contributed by atoms with E-state index in [1.165, 1.54) is 32.1 Å². The largest absolute Gasteiger partial charge is 0.311 e. The van der Waals surface area contributed by atoms with Gasteiger partial charge in [0.25, 0.3) is 5.56 Å². The van der Waals surface area contributed by atoms with Gasteiger partial charge in [0.1, 0.15) is 0 Å². The molecule has 120 valence electrons. The zero-order chi connectivity index (χ0) is 15.9. The van der Waals surface area contributed by atoms with E-state index in [1.54, 1.807) is 10.9 Å². The lowest BCUT2D eigenvalue weighted by Gasteiger charge is -2.23. The lowest BCUT2D eigenvalue weighted by Crippen LogP contribution is -2.41. The van der Waals surface area contributed by atoms with E-state index in [9.17, 15) is 4.79 Å². The van der Waals surface area contributed by atoms with Crippen molar-refractivity contribution in [2.75, 3.05) is 18.6 Å². The molecule has 0 aliphatic carbocycles. The number of pyridine rings is 2. The summed E-state index contributed by atoms with van der Waals surface area (Å²) in [5.74, 6) is 0. The Morgan fingerprint density at radius 2 is 1.91 bits per heavy atom. The van der Waals surface area contributed by atoms with Crippen LogP contribution in [0, 0.1) is 6.92 Å². The molecular weight excluding hydrogens is 274 g/mol. The second-order valence-corrected chi connectivity index (χ2v) is 6.01. The Hall–Kier alpha value is -1.84. The number of hydrogen-bond acceptors (Lipinski definition) is 3. The topological polar surface area (TPSA) is 38.1 Å². The number of unbranched alkanes of at least 4 members (excludes halogenated alkanes) is 5. The first-order chi connectivity index (χ1) is 10.6. The smallest absolute Gasteiger partial charge is 0.273 e. The van der Waals surface area contributed by atoms with Crippen molar-refractivity contribution in [1.29, 1.82) is 0 Å². The van der Waals surface area contributed by atoms with E-state index in [2.05, 4.69) is 11.9 Å². The first kappa shape index (κ1) is 16.5. The summed E-state index contributed by atoms with van der Waals surface area (Å²) in [5.41, 5.74) is 1.53. The fourth-order valence-corrected chi connectivity index (χ4v) is 2.79. The SMILES string of the molecule is CCCCCCCCN(C)n1c(=O)c(C)cc2cccnc21. The van der Waals surface area contributed by atoms with Crippen LogP contribution in [-0.4, -0.2) is 23.3 Å². The maximum atomic E-state index is 12.5. The van der Waals surface area contributed by atoms with Gasteiger partial charge < -0.3 is 5.01 Å². The standard InChI is InChI=1S/C18H27N3O/c1-4-5-6-7-8-9-13-20(3)21-17-16(11-10-12-19-17)14-15(2)18(21)22/h10-12,14H,4-9,13H2,1-3H3. The number of aryl methyl sites for hydroxylation is 1. The molecule has 0 saturated carbocycles. The molecule has 2 rings (SSSR count). The zero-order valence-electron chi connectivity index (χ0n) is 14.0. The fraction of sp³-hybridized carbons (Fsp3) is 0.556. The second kappa shape index (κ2) is 7.97. The van der Waals surface area contributed by atoms with Gasteiger partial charge in [0.05, 0.1) is 0 Å². The predicted molar refractivity (Wildman–Crippen MR) is 93.1 cm³/mol. The molecule has 4 nitrogen and oxygen atoms in total. The average molecular weight is 301 g/mol. The quantitative estimate of drug-likeness (QED) is 0.699. The molecule has 2 heterocycles. The van der Waals surface area contributed by atoms with Crippen LogP contribution in [0.3, 0.4) is 0 Å². The van der Waals surface area contributed by atoms with E-state index < -0.39 is 0 Å². The van der Waals surface area contributed by atoms with E-state index in [1.807, 2.05) is 37.2 Å². The van der Waals surface area contributed by atoms with Crippen LogP contribution < -0.4 is 10.6 Å². The molecule has 0 N–H and O–H groups in total.